The van der Waals surface area contributed by atoms with Crippen molar-refractivity contribution in [1.82, 2.24) is 5.32 Å². The van der Waals surface area contributed by atoms with E-state index < -0.39 is 20.0 Å². The van der Waals surface area contributed by atoms with Crippen LogP contribution in [-0.2, 0) is 13.9 Å². The normalized spacial score (nSPS) is 14.3. The number of likely N-dealkylation sites (N-methyl/N-ethyl adjacent to an activating group) is 1. The summed E-state index contributed by atoms with van der Waals surface area (Å²) in [5.41, 5.74) is 0. The molecule has 0 radical (unpaired) electrons. The van der Waals surface area contributed by atoms with Crippen molar-refractivity contribution in [3.05, 3.63) is 12.7 Å². The van der Waals surface area contributed by atoms with Crippen molar-refractivity contribution >= 4 is 13.7 Å². The summed E-state index contributed by atoms with van der Waals surface area (Å²) in [6, 6.07) is 0. The molecule has 1 amide bonds. The van der Waals surface area contributed by atoms with E-state index in [2.05, 4.69) is 16.4 Å². The summed E-state index contributed by atoms with van der Waals surface area (Å²) in [7, 11) is 0.771. The average Bonchev–Trinajstić information content (AvgIpc) is 1.97. The Hall–Kier alpha value is -0.720. The molecule has 0 heterocycles. The maximum atomic E-state index is 11.0. The molecular weight excluding hydrogens is 235 g/mol. The van der Waals surface area contributed by atoms with E-state index in [4.69, 9.17) is 9.79 Å². The zero-order valence-corrected chi connectivity index (χ0v) is 10.5. The van der Waals surface area contributed by atoms with Gasteiger partial charge >= 0.3 is 7.82 Å². The van der Waals surface area contributed by atoms with Gasteiger partial charge in [0.15, 0.2) is 6.23 Å². The Bertz CT molecular complexity index is 306. The summed E-state index contributed by atoms with van der Waals surface area (Å²) in [4.78, 5) is 28.4. The van der Waals surface area contributed by atoms with Crippen molar-refractivity contribution in [2.75, 3.05) is 27.7 Å². The van der Waals surface area contributed by atoms with Crippen LogP contribution in [0.25, 0.3) is 0 Å². The Kier molecular flexibility index (Phi) is 5.31. The predicted molar refractivity (Wildman–Crippen MR) is 58.2 cm³/mol. The Morgan fingerprint density at radius 3 is 2.38 bits per heavy atom. The largest absolute Gasteiger partial charge is 0.471 e. The highest BCUT2D eigenvalue weighted by molar-refractivity contribution is 7.46. The maximum Gasteiger partial charge on any atom is 0.471 e. The molecule has 0 aromatic rings. The number of hydrogen-bond donors (Lipinski definition) is 3. The first kappa shape index (κ1) is 15.3. The molecule has 0 aliphatic rings. The van der Waals surface area contributed by atoms with Gasteiger partial charge in [0.2, 0.25) is 5.91 Å². The second-order valence-electron chi connectivity index (χ2n) is 4.27. The standard InChI is InChI=1S/C8H17N2O5P/c1-5-7(11)9-8(6-10(2,3)4)15-16(12,13)14/h5,8H,1,6H2,2-4H3,(H2-,9,11,12,13,14)/p+1. The lowest BCUT2D eigenvalue weighted by atomic mass is 10.4. The van der Waals surface area contributed by atoms with Crippen molar-refractivity contribution in [2.24, 2.45) is 0 Å². The number of amides is 1. The Morgan fingerprint density at radius 2 is 2.06 bits per heavy atom. The molecule has 0 aromatic carbocycles. The summed E-state index contributed by atoms with van der Waals surface area (Å²) in [6.07, 6.45) is -0.0579. The highest BCUT2D eigenvalue weighted by Crippen LogP contribution is 2.37. The first-order valence-electron chi connectivity index (χ1n) is 4.51. The third-order valence-electron chi connectivity index (χ3n) is 1.47. The van der Waals surface area contributed by atoms with Crippen molar-refractivity contribution < 1.29 is 28.2 Å². The second-order valence-corrected chi connectivity index (χ2v) is 5.46. The lowest BCUT2D eigenvalue weighted by molar-refractivity contribution is -0.873. The Balaban J connectivity index is 4.57. The minimum absolute atomic E-state index is 0.213. The van der Waals surface area contributed by atoms with E-state index in [9.17, 15) is 9.36 Å². The average molecular weight is 253 g/mol. The minimum Gasteiger partial charge on any atom is -0.327 e. The van der Waals surface area contributed by atoms with Crippen molar-refractivity contribution in [3.8, 4) is 0 Å². The van der Waals surface area contributed by atoms with Crippen molar-refractivity contribution in [2.45, 2.75) is 6.23 Å². The van der Waals surface area contributed by atoms with Gasteiger partial charge in [-0.1, -0.05) is 6.58 Å². The molecule has 8 heteroatoms. The molecule has 16 heavy (non-hydrogen) atoms. The van der Waals surface area contributed by atoms with Gasteiger partial charge in [-0.15, -0.1) is 0 Å². The molecule has 7 nitrogen and oxygen atoms in total. The van der Waals surface area contributed by atoms with Gasteiger partial charge in [-0.25, -0.2) is 4.57 Å². The zero-order valence-electron chi connectivity index (χ0n) is 9.58. The van der Waals surface area contributed by atoms with Crippen LogP contribution in [0.1, 0.15) is 0 Å². The number of quaternary nitrogens is 1. The molecule has 0 aliphatic carbocycles. The lowest BCUT2D eigenvalue weighted by Crippen LogP contribution is -2.49. The summed E-state index contributed by atoms with van der Waals surface area (Å²) >= 11 is 0. The number of carbonyl (C=O) groups is 1. The molecule has 1 unspecified atom stereocenters. The number of rotatable bonds is 6. The first-order valence-corrected chi connectivity index (χ1v) is 6.04. The number of phosphoric ester groups is 1. The maximum absolute atomic E-state index is 11.0. The van der Waals surface area contributed by atoms with E-state index in [1.54, 1.807) is 21.1 Å². The Morgan fingerprint density at radius 1 is 1.56 bits per heavy atom. The fourth-order valence-corrected chi connectivity index (χ4v) is 1.44. The van der Waals surface area contributed by atoms with E-state index in [1.165, 1.54) is 0 Å². The highest BCUT2D eigenvalue weighted by Gasteiger charge is 2.27. The molecule has 0 saturated heterocycles. The number of carbonyl (C=O) groups excluding carboxylic acids is 1. The molecule has 0 bridgehead atoms. The van der Waals surface area contributed by atoms with Crippen LogP contribution in [0.3, 0.4) is 0 Å². The SMILES string of the molecule is C=CC(=O)NC(C[N+](C)(C)C)OP(=O)(O)O. The lowest BCUT2D eigenvalue weighted by Gasteiger charge is -2.29. The molecule has 0 spiro atoms. The van der Waals surface area contributed by atoms with Crippen LogP contribution in [0.2, 0.25) is 0 Å². The van der Waals surface area contributed by atoms with Crippen LogP contribution in [0.5, 0.6) is 0 Å². The fourth-order valence-electron chi connectivity index (χ4n) is 0.986. The molecule has 3 N–H and O–H groups in total. The van der Waals surface area contributed by atoms with Crippen LogP contribution in [0.4, 0.5) is 0 Å². The van der Waals surface area contributed by atoms with Crippen LogP contribution < -0.4 is 5.32 Å². The zero-order chi connectivity index (χ0) is 13.0. The van der Waals surface area contributed by atoms with Crippen LogP contribution in [0, 0.1) is 0 Å². The summed E-state index contributed by atoms with van der Waals surface area (Å²) in [5.74, 6) is -0.549. The van der Waals surface area contributed by atoms with E-state index in [0.29, 0.717) is 4.48 Å². The van der Waals surface area contributed by atoms with E-state index in [-0.39, 0.29) is 6.54 Å². The number of nitrogens with one attached hydrogen (secondary N) is 1. The topological polar surface area (TPSA) is 95.9 Å². The van der Waals surface area contributed by atoms with Crippen molar-refractivity contribution in [1.29, 1.82) is 0 Å². The van der Waals surface area contributed by atoms with Crippen LogP contribution >= 0.6 is 7.82 Å². The minimum atomic E-state index is -4.63. The van der Waals surface area contributed by atoms with Crippen molar-refractivity contribution in [3.63, 3.8) is 0 Å². The summed E-state index contributed by atoms with van der Waals surface area (Å²) in [5, 5.41) is 2.29. The smallest absolute Gasteiger partial charge is 0.327 e. The number of nitrogens with zero attached hydrogens (tertiary/aromatic N) is 1. The predicted octanol–water partition coefficient (Wildman–Crippen LogP) is -0.570. The van der Waals surface area contributed by atoms with E-state index in [1.807, 2.05) is 0 Å². The van der Waals surface area contributed by atoms with Crippen LogP contribution in [0.15, 0.2) is 12.7 Å². The summed E-state index contributed by atoms with van der Waals surface area (Å²) < 4.78 is 15.5. The quantitative estimate of drug-likeness (QED) is 0.255. The van der Waals surface area contributed by atoms with Gasteiger partial charge < -0.3 is 19.6 Å². The van der Waals surface area contributed by atoms with E-state index in [0.717, 1.165) is 6.08 Å². The molecule has 0 aromatic heterocycles. The second kappa shape index (κ2) is 5.56. The fraction of sp³-hybridized carbons (Fsp3) is 0.625. The molecule has 0 aliphatic heterocycles. The number of hydrogen-bond acceptors (Lipinski definition) is 3. The number of phosphoric acid groups is 1. The Labute approximate surface area is 94.5 Å². The molecule has 0 fully saturated rings. The van der Waals surface area contributed by atoms with Crippen LogP contribution in [-0.4, -0.2) is 54.1 Å². The summed E-state index contributed by atoms with van der Waals surface area (Å²) in [6.45, 7) is 3.45. The van der Waals surface area contributed by atoms with Gasteiger partial charge in [-0.05, 0) is 6.08 Å². The highest BCUT2D eigenvalue weighted by atomic mass is 31.2. The van der Waals surface area contributed by atoms with Gasteiger partial charge in [0.25, 0.3) is 0 Å². The third-order valence-corrected chi connectivity index (χ3v) is 2.00. The molecule has 1 atom stereocenters. The molecule has 0 saturated carbocycles. The monoisotopic (exact) mass is 253 g/mol. The van der Waals surface area contributed by atoms with Gasteiger partial charge in [0, 0.05) is 0 Å². The molecular formula is C8H18N2O5P+. The van der Waals surface area contributed by atoms with Gasteiger partial charge in [0.05, 0.1) is 21.1 Å². The van der Waals surface area contributed by atoms with Gasteiger partial charge in [-0.3, -0.25) is 9.32 Å². The molecule has 94 valence electrons. The van der Waals surface area contributed by atoms with Gasteiger partial charge in [-0.2, -0.15) is 0 Å². The first-order chi connectivity index (χ1) is 7.03. The third kappa shape index (κ3) is 8.58. The van der Waals surface area contributed by atoms with Gasteiger partial charge in [0.1, 0.15) is 6.54 Å². The van der Waals surface area contributed by atoms with E-state index >= 15 is 0 Å². The molecule has 0 rings (SSSR count).